The van der Waals surface area contributed by atoms with Crippen molar-refractivity contribution in [1.82, 2.24) is 0 Å². The average molecular weight is 345 g/mol. The molecule has 0 unspecified atom stereocenters. The molecular weight excluding hydrogens is 326 g/mol. The summed E-state index contributed by atoms with van der Waals surface area (Å²) in [6, 6.07) is 17.2. The third kappa shape index (κ3) is 4.17. The highest BCUT2D eigenvalue weighted by molar-refractivity contribution is 7.91. The summed E-state index contributed by atoms with van der Waals surface area (Å²) in [7, 11) is -3.23. The fraction of sp³-hybridized carbons (Fsp3) is 0.111. The molecule has 6 heteroatoms. The molecule has 0 bridgehead atoms. The lowest BCUT2D eigenvalue weighted by atomic mass is 10.1. The summed E-state index contributed by atoms with van der Waals surface area (Å²) < 4.78 is 22.7. The van der Waals surface area contributed by atoms with Crippen molar-refractivity contribution >= 4 is 26.3 Å². The lowest BCUT2D eigenvalue weighted by Crippen LogP contribution is -2.04. The summed E-state index contributed by atoms with van der Waals surface area (Å²) in [4.78, 5) is 0.144. The van der Waals surface area contributed by atoms with Crippen molar-refractivity contribution in [3.8, 4) is 11.5 Å². The van der Waals surface area contributed by atoms with Crippen LogP contribution in [-0.2, 0) is 9.84 Å². The Balaban J connectivity index is 0.000000175. The zero-order chi connectivity index (χ0) is 17.7. The van der Waals surface area contributed by atoms with Crippen molar-refractivity contribution < 1.29 is 18.6 Å². The van der Waals surface area contributed by atoms with E-state index in [0.29, 0.717) is 5.75 Å². The predicted molar refractivity (Wildman–Crippen MR) is 95.9 cm³/mol. The molecule has 0 heterocycles. The third-order valence-electron chi connectivity index (χ3n) is 3.47. The van der Waals surface area contributed by atoms with Crippen LogP contribution in [0.3, 0.4) is 0 Å². The molecule has 5 nitrogen and oxygen atoms in total. The summed E-state index contributed by atoms with van der Waals surface area (Å²) in [6.07, 6.45) is 0. The molecule has 0 aliphatic heterocycles. The Morgan fingerprint density at radius 3 is 2.21 bits per heavy atom. The van der Waals surface area contributed by atoms with Gasteiger partial charge in [0.1, 0.15) is 11.5 Å². The Morgan fingerprint density at radius 2 is 1.58 bits per heavy atom. The number of fused-ring (bicyclic) bond motifs is 1. The Labute approximate surface area is 140 Å². The van der Waals surface area contributed by atoms with E-state index in [1.54, 1.807) is 19.1 Å². The number of hydrogen-bond acceptors (Lipinski definition) is 5. The Kier molecular flexibility index (Phi) is 5.31. The van der Waals surface area contributed by atoms with E-state index in [9.17, 15) is 8.42 Å². The van der Waals surface area contributed by atoms with Gasteiger partial charge in [-0.3, -0.25) is 0 Å². The van der Waals surface area contributed by atoms with Gasteiger partial charge in [0, 0.05) is 0 Å². The van der Waals surface area contributed by atoms with Gasteiger partial charge in [-0.2, -0.15) is 0 Å². The summed E-state index contributed by atoms with van der Waals surface area (Å²) in [5.74, 6) is 0.246. The van der Waals surface area contributed by atoms with E-state index < -0.39 is 9.84 Å². The monoisotopic (exact) mass is 345 g/mol. The molecule has 0 aliphatic carbocycles. The molecule has 0 saturated carbocycles. The minimum Gasteiger partial charge on any atom is -0.508 e. The second-order valence-corrected chi connectivity index (χ2v) is 7.43. The van der Waals surface area contributed by atoms with E-state index in [2.05, 4.69) is 0 Å². The van der Waals surface area contributed by atoms with Crippen LogP contribution in [0, 0.1) is 0 Å². The van der Waals surface area contributed by atoms with Crippen LogP contribution in [0.25, 0.3) is 10.8 Å². The molecule has 0 aromatic heterocycles. The maximum Gasteiger partial charge on any atom is 0.178 e. The van der Waals surface area contributed by atoms with Gasteiger partial charge in [-0.15, -0.1) is 0 Å². The number of benzene rings is 3. The van der Waals surface area contributed by atoms with Crippen molar-refractivity contribution in [3.63, 3.8) is 0 Å². The van der Waals surface area contributed by atoms with Crippen LogP contribution in [0.2, 0.25) is 0 Å². The first-order valence-corrected chi connectivity index (χ1v) is 8.97. The molecule has 0 amide bonds. The van der Waals surface area contributed by atoms with Gasteiger partial charge in [0.15, 0.2) is 9.84 Å². The largest absolute Gasteiger partial charge is 0.508 e. The molecule has 4 N–H and O–H groups in total. The van der Waals surface area contributed by atoms with Crippen LogP contribution in [0.15, 0.2) is 65.6 Å². The van der Waals surface area contributed by atoms with E-state index >= 15 is 0 Å². The van der Waals surface area contributed by atoms with Crippen molar-refractivity contribution in [2.45, 2.75) is 11.8 Å². The Bertz CT molecular complexity index is 952. The highest BCUT2D eigenvalue weighted by atomic mass is 32.2. The molecule has 3 aromatic carbocycles. The number of aromatic hydroxyl groups is 2. The minimum absolute atomic E-state index is 0.0250. The average Bonchev–Trinajstić information content (AvgIpc) is 2.57. The molecule has 0 aliphatic rings. The van der Waals surface area contributed by atoms with Crippen molar-refractivity contribution in [3.05, 3.63) is 60.7 Å². The molecule has 126 valence electrons. The van der Waals surface area contributed by atoms with Crippen molar-refractivity contribution in [2.75, 3.05) is 11.5 Å². The molecule has 3 rings (SSSR count). The van der Waals surface area contributed by atoms with E-state index in [1.165, 1.54) is 18.2 Å². The van der Waals surface area contributed by atoms with E-state index in [-0.39, 0.29) is 22.1 Å². The summed E-state index contributed by atoms with van der Waals surface area (Å²) >= 11 is 0. The number of phenols is 2. The van der Waals surface area contributed by atoms with Gasteiger partial charge in [-0.25, -0.2) is 8.42 Å². The van der Waals surface area contributed by atoms with E-state index in [0.717, 1.165) is 10.8 Å². The van der Waals surface area contributed by atoms with Gasteiger partial charge >= 0.3 is 0 Å². The lowest BCUT2D eigenvalue weighted by molar-refractivity contribution is 0.476. The zero-order valence-electron chi connectivity index (χ0n) is 13.2. The molecule has 0 radical (unpaired) electrons. The number of hydrogen-bond donors (Lipinski definition) is 3. The van der Waals surface area contributed by atoms with Crippen LogP contribution in [-0.4, -0.2) is 24.4 Å². The molecule has 0 fully saturated rings. The molecule has 3 aromatic rings. The first-order valence-electron chi connectivity index (χ1n) is 7.32. The van der Waals surface area contributed by atoms with Crippen LogP contribution >= 0.6 is 0 Å². The lowest BCUT2D eigenvalue weighted by Gasteiger charge is -2.03. The first-order chi connectivity index (χ1) is 11.3. The fourth-order valence-corrected chi connectivity index (χ4v) is 2.98. The summed E-state index contributed by atoms with van der Waals surface area (Å²) in [5, 5.41) is 20.4. The fourth-order valence-electron chi connectivity index (χ4n) is 2.07. The highest BCUT2D eigenvalue weighted by Gasteiger charge is 2.12. The standard InChI is InChI=1S/C10H8O.C8H11NO3S/c11-10-6-5-8-3-1-2-4-9(8)7-10;1-2-13(11,12)6-3-4-8(10)7(9)5-6/h1-7,11H;3-5,10H,2,9H2,1H3. The summed E-state index contributed by atoms with van der Waals surface area (Å²) in [5.41, 5.74) is 5.44. The molecule has 0 atom stereocenters. The Hall–Kier alpha value is -2.73. The van der Waals surface area contributed by atoms with E-state index in [1.807, 2.05) is 30.3 Å². The number of rotatable bonds is 2. The highest BCUT2D eigenvalue weighted by Crippen LogP contribution is 2.23. The normalized spacial score (nSPS) is 10.9. The number of sulfone groups is 1. The topological polar surface area (TPSA) is 101 Å². The number of phenolic OH excluding ortho intramolecular Hbond substituents is 2. The van der Waals surface area contributed by atoms with Crippen molar-refractivity contribution in [1.29, 1.82) is 0 Å². The van der Waals surface area contributed by atoms with Gasteiger partial charge < -0.3 is 15.9 Å². The zero-order valence-corrected chi connectivity index (χ0v) is 14.0. The van der Waals surface area contributed by atoms with Crippen molar-refractivity contribution in [2.24, 2.45) is 0 Å². The quantitative estimate of drug-likeness (QED) is 0.489. The second kappa shape index (κ2) is 7.23. The molecular formula is C18H19NO4S. The predicted octanol–water partition coefficient (Wildman–Crippen LogP) is 3.31. The van der Waals surface area contributed by atoms with E-state index in [4.69, 9.17) is 15.9 Å². The van der Waals surface area contributed by atoms with Gasteiger partial charge in [0.25, 0.3) is 0 Å². The smallest absolute Gasteiger partial charge is 0.178 e. The molecule has 24 heavy (non-hydrogen) atoms. The Morgan fingerprint density at radius 1 is 0.917 bits per heavy atom. The maximum atomic E-state index is 11.3. The van der Waals surface area contributed by atoms with Crippen LogP contribution in [0.5, 0.6) is 11.5 Å². The molecule has 0 spiro atoms. The summed E-state index contributed by atoms with van der Waals surface area (Å²) in [6.45, 7) is 1.55. The third-order valence-corrected chi connectivity index (χ3v) is 5.20. The first kappa shape index (κ1) is 17.6. The number of nitrogen functional groups attached to an aromatic ring is 1. The number of nitrogens with two attached hydrogens (primary N) is 1. The molecule has 0 saturated heterocycles. The van der Waals surface area contributed by atoms with Gasteiger partial charge in [-0.05, 0) is 41.1 Å². The SMILES string of the molecule is CCS(=O)(=O)c1ccc(O)c(N)c1.Oc1ccc2ccccc2c1. The van der Waals surface area contributed by atoms with Gasteiger partial charge in [0.2, 0.25) is 0 Å². The van der Waals surface area contributed by atoms with Crippen LogP contribution in [0.4, 0.5) is 5.69 Å². The minimum atomic E-state index is -3.23. The van der Waals surface area contributed by atoms with Crippen LogP contribution in [0.1, 0.15) is 6.92 Å². The second-order valence-electron chi connectivity index (χ2n) is 5.16. The van der Waals surface area contributed by atoms with Gasteiger partial charge in [0.05, 0.1) is 16.3 Å². The van der Waals surface area contributed by atoms with Gasteiger partial charge in [-0.1, -0.05) is 37.3 Å². The maximum absolute atomic E-state index is 11.3. The number of anilines is 1. The van der Waals surface area contributed by atoms with Crippen LogP contribution < -0.4 is 5.73 Å².